The topological polar surface area (TPSA) is 38.7 Å². The maximum atomic E-state index is 10.8. The largest absolute Gasteiger partial charge is 0.497 e. The van der Waals surface area contributed by atoms with Gasteiger partial charge in [0.1, 0.15) is 11.5 Å². The van der Waals surface area contributed by atoms with E-state index in [0.29, 0.717) is 11.8 Å². The Morgan fingerprint density at radius 3 is 2.60 bits per heavy atom. The monoisotopic (exact) mass is 278 g/mol. The summed E-state index contributed by atoms with van der Waals surface area (Å²) in [7, 11) is 3.30. The van der Waals surface area contributed by atoms with E-state index in [4.69, 9.17) is 9.47 Å². The van der Waals surface area contributed by atoms with E-state index in [2.05, 4.69) is 6.92 Å². The summed E-state index contributed by atoms with van der Waals surface area (Å²) >= 11 is 0. The second-order valence-corrected chi connectivity index (χ2v) is 5.67. The molecule has 0 bridgehead atoms. The summed E-state index contributed by atoms with van der Waals surface area (Å²) in [6.45, 7) is 2.22. The standard InChI is InChI=1S/C17H26O3/c1-4-12-7-5-6-8-14(12)17(18)15-11-13(19-2)9-10-16(15)20-3/h9-12,14,17-18H,4-8H2,1-3H3. The van der Waals surface area contributed by atoms with Gasteiger partial charge in [-0.1, -0.05) is 32.6 Å². The number of hydrogen-bond acceptors (Lipinski definition) is 3. The Bertz CT molecular complexity index is 430. The van der Waals surface area contributed by atoms with E-state index >= 15 is 0 Å². The van der Waals surface area contributed by atoms with Crippen LogP contribution < -0.4 is 9.47 Å². The third-order valence-corrected chi connectivity index (χ3v) is 4.65. The minimum absolute atomic E-state index is 0.328. The van der Waals surface area contributed by atoms with Gasteiger partial charge < -0.3 is 14.6 Å². The van der Waals surface area contributed by atoms with Gasteiger partial charge in [-0.25, -0.2) is 0 Å². The van der Waals surface area contributed by atoms with E-state index in [9.17, 15) is 5.11 Å². The van der Waals surface area contributed by atoms with Gasteiger partial charge in [-0.15, -0.1) is 0 Å². The molecule has 1 fully saturated rings. The van der Waals surface area contributed by atoms with Crippen molar-refractivity contribution in [2.24, 2.45) is 11.8 Å². The van der Waals surface area contributed by atoms with Crippen LogP contribution in [0.2, 0.25) is 0 Å². The number of rotatable bonds is 5. The zero-order valence-electron chi connectivity index (χ0n) is 12.8. The van der Waals surface area contributed by atoms with Gasteiger partial charge in [-0.2, -0.15) is 0 Å². The van der Waals surface area contributed by atoms with Crippen molar-refractivity contribution in [3.05, 3.63) is 23.8 Å². The minimum atomic E-state index is -0.467. The fraction of sp³-hybridized carbons (Fsp3) is 0.647. The van der Waals surface area contributed by atoms with Crippen molar-refractivity contribution in [1.29, 1.82) is 0 Å². The average Bonchev–Trinajstić information content (AvgIpc) is 2.53. The summed E-state index contributed by atoms with van der Waals surface area (Å²) in [5, 5.41) is 10.8. The molecule has 0 aromatic heterocycles. The molecule has 2 rings (SSSR count). The zero-order chi connectivity index (χ0) is 14.5. The van der Waals surface area contributed by atoms with Crippen molar-refractivity contribution in [1.82, 2.24) is 0 Å². The summed E-state index contributed by atoms with van der Waals surface area (Å²) in [6, 6.07) is 5.65. The summed E-state index contributed by atoms with van der Waals surface area (Å²) in [5.41, 5.74) is 0.859. The van der Waals surface area contributed by atoms with Crippen molar-refractivity contribution in [3.63, 3.8) is 0 Å². The fourth-order valence-electron chi connectivity index (χ4n) is 3.46. The predicted molar refractivity (Wildman–Crippen MR) is 80.2 cm³/mol. The highest BCUT2D eigenvalue weighted by molar-refractivity contribution is 5.42. The molecule has 1 aliphatic rings. The molecule has 3 heteroatoms. The Morgan fingerprint density at radius 1 is 1.20 bits per heavy atom. The summed E-state index contributed by atoms with van der Waals surface area (Å²) in [6.07, 6.45) is 5.49. The van der Waals surface area contributed by atoms with Crippen LogP contribution in [0.3, 0.4) is 0 Å². The van der Waals surface area contributed by atoms with Gasteiger partial charge in [0.2, 0.25) is 0 Å². The van der Waals surface area contributed by atoms with Crippen LogP contribution >= 0.6 is 0 Å². The average molecular weight is 278 g/mol. The third-order valence-electron chi connectivity index (χ3n) is 4.65. The van der Waals surface area contributed by atoms with Crippen molar-refractivity contribution < 1.29 is 14.6 Å². The molecule has 112 valence electrons. The Labute approximate surface area is 121 Å². The van der Waals surface area contributed by atoms with Gasteiger partial charge in [0, 0.05) is 5.56 Å². The molecule has 3 unspecified atom stereocenters. The first-order valence-electron chi connectivity index (χ1n) is 7.61. The first-order chi connectivity index (χ1) is 9.71. The summed E-state index contributed by atoms with van der Waals surface area (Å²) in [5.74, 6) is 2.45. The van der Waals surface area contributed by atoms with Crippen LogP contribution in [0.1, 0.15) is 50.7 Å². The molecule has 1 aromatic carbocycles. The van der Waals surface area contributed by atoms with Crippen molar-refractivity contribution in [2.75, 3.05) is 14.2 Å². The fourth-order valence-corrected chi connectivity index (χ4v) is 3.46. The Hall–Kier alpha value is -1.22. The maximum Gasteiger partial charge on any atom is 0.124 e. The van der Waals surface area contributed by atoms with Gasteiger partial charge in [-0.3, -0.25) is 0 Å². The van der Waals surface area contributed by atoms with Crippen molar-refractivity contribution in [2.45, 2.75) is 45.1 Å². The van der Waals surface area contributed by atoms with Crippen LogP contribution in [0.5, 0.6) is 11.5 Å². The molecule has 0 spiro atoms. The lowest BCUT2D eigenvalue weighted by atomic mass is 9.73. The first-order valence-corrected chi connectivity index (χ1v) is 7.61. The second-order valence-electron chi connectivity index (χ2n) is 5.67. The lowest BCUT2D eigenvalue weighted by molar-refractivity contribution is 0.0433. The normalized spacial score (nSPS) is 24.2. The van der Waals surface area contributed by atoms with Crippen LogP contribution in [0.15, 0.2) is 18.2 Å². The molecule has 0 saturated heterocycles. The zero-order valence-corrected chi connectivity index (χ0v) is 12.8. The van der Waals surface area contributed by atoms with E-state index in [-0.39, 0.29) is 0 Å². The molecule has 0 radical (unpaired) electrons. The maximum absolute atomic E-state index is 10.8. The molecule has 0 heterocycles. The van der Waals surface area contributed by atoms with Crippen LogP contribution in [-0.2, 0) is 0 Å². The van der Waals surface area contributed by atoms with E-state index in [1.54, 1.807) is 14.2 Å². The third kappa shape index (κ3) is 3.09. The SMILES string of the molecule is CCC1CCCCC1C(O)c1cc(OC)ccc1OC. The van der Waals surface area contributed by atoms with Gasteiger partial charge in [-0.05, 0) is 36.5 Å². The van der Waals surface area contributed by atoms with Crippen LogP contribution in [0.25, 0.3) is 0 Å². The highest BCUT2D eigenvalue weighted by Crippen LogP contribution is 2.43. The van der Waals surface area contributed by atoms with Crippen molar-refractivity contribution >= 4 is 0 Å². The molecule has 0 aliphatic heterocycles. The Balaban J connectivity index is 2.28. The number of hydrogen-bond donors (Lipinski definition) is 1. The molecular weight excluding hydrogens is 252 g/mol. The van der Waals surface area contributed by atoms with Crippen LogP contribution in [-0.4, -0.2) is 19.3 Å². The lowest BCUT2D eigenvalue weighted by Gasteiger charge is -2.35. The molecular formula is C17H26O3. The molecule has 20 heavy (non-hydrogen) atoms. The van der Waals surface area contributed by atoms with Gasteiger partial charge in [0.05, 0.1) is 20.3 Å². The summed E-state index contributed by atoms with van der Waals surface area (Å²) in [4.78, 5) is 0. The molecule has 1 N–H and O–H groups in total. The molecule has 1 aromatic rings. The van der Waals surface area contributed by atoms with Crippen LogP contribution in [0.4, 0.5) is 0 Å². The summed E-state index contributed by atoms with van der Waals surface area (Å²) < 4.78 is 10.7. The Kier molecular flexibility index (Phi) is 5.30. The predicted octanol–water partition coefficient (Wildman–Crippen LogP) is 3.95. The van der Waals surface area contributed by atoms with Crippen molar-refractivity contribution in [3.8, 4) is 11.5 Å². The molecule has 1 saturated carbocycles. The van der Waals surface area contributed by atoms with E-state index in [1.807, 2.05) is 18.2 Å². The molecule has 0 amide bonds. The van der Waals surface area contributed by atoms with E-state index in [0.717, 1.165) is 29.9 Å². The minimum Gasteiger partial charge on any atom is -0.497 e. The number of methoxy groups -OCH3 is 2. The van der Waals surface area contributed by atoms with E-state index < -0.39 is 6.10 Å². The van der Waals surface area contributed by atoms with Gasteiger partial charge in [0.25, 0.3) is 0 Å². The number of benzene rings is 1. The van der Waals surface area contributed by atoms with Gasteiger partial charge >= 0.3 is 0 Å². The number of ether oxygens (including phenoxy) is 2. The highest BCUT2D eigenvalue weighted by atomic mass is 16.5. The second kappa shape index (κ2) is 6.98. The molecule has 3 nitrogen and oxygen atoms in total. The van der Waals surface area contributed by atoms with Gasteiger partial charge in [0.15, 0.2) is 0 Å². The van der Waals surface area contributed by atoms with E-state index in [1.165, 1.54) is 19.3 Å². The lowest BCUT2D eigenvalue weighted by Crippen LogP contribution is -2.25. The molecule has 3 atom stereocenters. The smallest absolute Gasteiger partial charge is 0.124 e. The number of aliphatic hydroxyl groups excluding tert-OH is 1. The molecule has 1 aliphatic carbocycles. The highest BCUT2D eigenvalue weighted by Gasteiger charge is 2.32. The quantitative estimate of drug-likeness (QED) is 0.886. The first kappa shape index (κ1) is 15.2. The van der Waals surface area contributed by atoms with Crippen LogP contribution in [0, 0.1) is 11.8 Å². The Morgan fingerprint density at radius 2 is 1.95 bits per heavy atom. The number of aliphatic hydroxyl groups is 1.